The summed E-state index contributed by atoms with van der Waals surface area (Å²) in [5.74, 6) is -1.84. The molecule has 0 aliphatic carbocycles. The zero-order valence-electron chi connectivity index (χ0n) is 15.7. The number of halogens is 2. The minimum atomic E-state index is -0.810. The van der Waals surface area contributed by atoms with Crippen molar-refractivity contribution in [2.75, 3.05) is 26.2 Å². The second-order valence-corrected chi connectivity index (χ2v) is 6.84. The van der Waals surface area contributed by atoms with Crippen LogP contribution in [-0.4, -0.2) is 52.7 Å². The Morgan fingerprint density at radius 2 is 1.62 bits per heavy atom. The highest BCUT2D eigenvalue weighted by Crippen LogP contribution is 2.24. The van der Waals surface area contributed by atoms with Gasteiger partial charge in [0.25, 0.3) is 11.6 Å². The molecule has 9 heteroatoms. The molecule has 152 valence electrons. The number of benzene rings is 2. The Balaban J connectivity index is 1.63. The maximum absolute atomic E-state index is 14.0. The van der Waals surface area contributed by atoms with Gasteiger partial charge >= 0.3 is 0 Å². The molecule has 1 saturated heterocycles. The molecule has 3 rings (SSSR count). The van der Waals surface area contributed by atoms with Crippen LogP contribution in [0.15, 0.2) is 36.4 Å². The van der Waals surface area contributed by atoms with Crippen LogP contribution < -0.4 is 0 Å². The fourth-order valence-corrected chi connectivity index (χ4v) is 3.21. The summed E-state index contributed by atoms with van der Waals surface area (Å²) in [6.07, 6.45) is 0.129. The number of carbonyl (C=O) groups is 2. The van der Waals surface area contributed by atoms with Gasteiger partial charge in [-0.15, -0.1) is 0 Å². The number of nitro benzene ring substituents is 1. The number of hydrogen-bond acceptors (Lipinski definition) is 4. The second kappa shape index (κ2) is 8.34. The summed E-state index contributed by atoms with van der Waals surface area (Å²) in [7, 11) is 0. The number of nitro groups is 1. The Hall–Kier alpha value is -3.36. The van der Waals surface area contributed by atoms with E-state index in [0.29, 0.717) is 18.7 Å². The van der Waals surface area contributed by atoms with E-state index in [9.17, 15) is 28.5 Å². The van der Waals surface area contributed by atoms with Crippen LogP contribution >= 0.6 is 0 Å². The number of hydrogen-bond donors (Lipinski definition) is 0. The van der Waals surface area contributed by atoms with Gasteiger partial charge in [-0.1, -0.05) is 12.1 Å². The fraction of sp³-hybridized carbons (Fsp3) is 0.300. The van der Waals surface area contributed by atoms with E-state index < -0.39 is 22.3 Å². The van der Waals surface area contributed by atoms with E-state index in [1.807, 2.05) is 0 Å². The molecular weight excluding hydrogens is 384 g/mol. The van der Waals surface area contributed by atoms with Crippen LogP contribution in [0, 0.1) is 28.7 Å². The summed E-state index contributed by atoms with van der Waals surface area (Å²) in [5, 5.41) is 11.1. The van der Waals surface area contributed by atoms with Crippen LogP contribution in [0.4, 0.5) is 14.5 Å². The molecule has 0 spiro atoms. The molecule has 0 atom stereocenters. The smallest absolute Gasteiger partial charge is 0.276 e. The predicted molar refractivity (Wildman–Crippen MR) is 100 cm³/mol. The fourth-order valence-electron chi connectivity index (χ4n) is 3.21. The standard InChI is InChI=1S/C20H19F2N3O4/c1-13-17(22)11-15(12-18(13)25(28)29)20(27)24-8-6-23(7-9-24)19(26)10-14-2-4-16(21)5-3-14/h2-5,11-12H,6-10H2,1H3. The van der Waals surface area contributed by atoms with Crippen LogP contribution in [0.25, 0.3) is 0 Å². The third kappa shape index (κ3) is 4.56. The SMILES string of the molecule is Cc1c(F)cc(C(=O)N2CCN(C(=O)Cc3ccc(F)cc3)CC2)cc1[N+](=O)[O-]. The molecule has 2 aromatic carbocycles. The monoisotopic (exact) mass is 403 g/mol. The van der Waals surface area contributed by atoms with Gasteiger partial charge in [0.1, 0.15) is 11.6 Å². The summed E-state index contributed by atoms with van der Waals surface area (Å²) in [5.41, 5.74) is 0.0347. The average Bonchev–Trinajstić information content (AvgIpc) is 2.71. The van der Waals surface area contributed by atoms with Gasteiger partial charge in [-0.3, -0.25) is 19.7 Å². The highest BCUT2D eigenvalue weighted by molar-refractivity contribution is 5.95. The molecule has 7 nitrogen and oxygen atoms in total. The first kappa shape index (κ1) is 20.4. The largest absolute Gasteiger partial charge is 0.339 e. The lowest BCUT2D eigenvalue weighted by Crippen LogP contribution is -2.51. The third-order valence-corrected chi connectivity index (χ3v) is 4.95. The molecular formula is C20H19F2N3O4. The van der Waals surface area contributed by atoms with Crippen molar-refractivity contribution in [2.24, 2.45) is 0 Å². The summed E-state index contributed by atoms with van der Waals surface area (Å²) in [6, 6.07) is 7.75. The van der Waals surface area contributed by atoms with Gasteiger partial charge in [-0.25, -0.2) is 8.78 Å². The molecule has 1 aliphatic heterocycles. The van der Waals surface area contributed by atoms with Crippen molar-refractivity contribution in [3.63, 3.8) is 0 Å². The van der Waals surface area contributed by atoms with E-state index in [-0.39, 0.29) is 42.4 Å². The molecule has 0 bridgehead atoms. The van der Waals surface area contributed by atoms with Crippen molar-refractivity contribution in [2.45, 2.75) is 13.3 Å². The Labute approximate surface area is 165 Å². The minimum Gasteiger partial charge on any atom is -0.339 e. The number of amides is 2. The van der Waals surface area contributed by atoms with Crippen LogP contribution in [0.5, 0.6) is 0 Å². The van der Waals surface area contributed by atoms with Gasteiger partial charge in [0.2, 0.25) is 5.91 Å². The van der Waals surface area contributed by atoms with Crippen molar-refractivity contribution in [3.8, 4) is 0 Å². The highest BCUT2D eigenvalue weighted by atomic mass is 19.1. The van der Waals surface area contributed by atoms with E-state index in [1.54, 1.807) is 17.0 Å². The molecule has 1 heterocycles. The van der Waals surface area contributed by atoms with Crippen molar-refractivity contribution in [1.82, 2.24) is 9.80 Å². The zero-order chi connectivity index (χ0) is 21.1. The van der Waals surface area contributed by atoms with Gasteiger partial charge in [-0.05, 0) is 30.7 Å². The Morgan fingerprint density at radius 3 is 2.21 bits per heavy atom. The maximum Gasteiger partial charge on any atom is 0.276 e. The van der Waals surface area contributed by atoms with Crippen molar-refractivity contribution >= 4 is 17.5 Å². The Kier molecular flexibility index (Phi) is 5.86. The summed E-state index contributed by atoms with van der Waals surface area (Å²) < 4.78 is 26.9. The zero-order valence-corrected chi connectivity index (χ0v) is 15.7. The Bertz CT molecular complexity index is 955. The lowest BCUT2D eigenvalue weighted by Gasteiger charge is -2.35. The van der Waals surface area contributed by atoms with E-state index in [4.69, 9.17) is 0 Å². The van der Waals surface area contributed by atoms with Gasteiger partial charge in [0.05, 0.1) is 16.9 Å². The summed E-state index contributed by atoms with van der Waals surface area (Å²) >= 11 is 0. The van der Waals surface area contributed by atoms with E-state index >= 15 is 0 Å². The summed E-state index contributed by atoms with van der Waals surface area (Å²) in [6.45, 7) is 2.34. The topological polar surface area (TPSA) is 83.8 Å². The highest BCUT2D eigenvalue weighted by Gasteiger charge is 2.27. The van der Waals surface area contributed by atoms with Crippen molar-refractivity contribution in [1.29, 1.82) is 0 Å². The van der Waals surface area contributed by atoms with E-state index in [0.717, 1.165) is 12.1 Å². The van der Waals surface area contributed by atoms with Crippen LogP contribution in [0.1, 0.15) is 21.5 Å². The Morgan fingerprint density at radius 1 is 1.03 bits per heavy atom. The van der Waals surface area contributed by atoms with Gasteiger partial charge in [0.15, 0.2) is 0 Å². The first-order chi connectivity index (χ1) is 13.8. The van der Waals surface area contributed by atoms with E-state index in [1.165, 1.54) is 24.0 Å². The first-order valence-corrected chi connectivity index (χ1v) is 9.02. The second-order valence-electron chi connectivity index (χ2n) is 6.84. The maximum atomic E-state index is 14.0. The lowest BCUT2D eigenvalue weighted by atomic mass is 10.1. The van der Waals surface area contributed by atoms with Gasteiger partial charge < -0.3 is 9.80 Å². The van der Waals surface area contributed by atoms with Crippen LogP contribution in [0.3, 0.4) is 0 Å². The van der Waals surface area contributed by atoms with Crippen molar-refractivity contribution in [3.05, 3.63) is 74.8 Å². The molecule has 0 radical (unpaired) electrons. The number of nitrogens with zero attached hydrogens (tertiary/aromatic N) is 3. The molecule has 2 aromatic rings. The van der Waals surface area contributed by atoms with Crippen LogP contribution in [-0.2, 0) is 11.2 Å². The first-order valence-electron chi connectivity index (χ1n) is 9.02. The summed E-state index contributed by atoms with van der Waals surface area (Å²) in [4.78, 5) is 38.4. The van der Waals surface area contributed by atoms with Gasteiger partial charge in [-0.2, -0.15) is 0 Å². The van der Waals surface area contributed by atoms with Gasteiger partial charge in [0, 0.05) is 37.8 Å². The molecule has 1 fully saturated rings. The van der Waals surface area contributed by atoms with Crippen molar-refractivity contribution < 1.29 is 23.3 Å². The average molecular weight is 403 g/mol. The van der Waals surface area contributed by atoms with Crippen LogP contribution in [0.2, 0.25) is 0 Å². The lowest BCUT2D eigenvalue weighted by molar-refractivity contribution is -0.385. The molecule has 2 amide bonds. The van der Waals surface area contributed by atoms with E-state index in [2.05, 4.69) is 0 Å². The predicted octanol–water partition coefficient (Wildman–Crippen LogP) is 2.71. The normalized spacial score (nSPS) is 14.0. The number of carbonyl (C=O) groups excluding carboxylic acids is 2. The minimum absolute atomic E-state index is 0.0918. The molecule has 0 saturated carbocycles. The third-order valence-electron chi connectivity index (χ3n) is 4.95. The number of rotatable bonds is 4. The molecule has 0 N–H and O–H groups in total. The molecule has 1 aliphatic rings. The molecule has 0 aromatic heterocycles. The quantitative estimate of drug-likeness (QED) is 0.581. The molecule has 0 unspecified atom stereocenters. The number of piperazine rings is 1. The molecule has 29 heavy (non-hydrogen) atoms.